The summed E-state index contributed by atoms with van der Waals surface area (Å²) < 4.78 is 1.46. The molecule has 1 saturated carbocycles. The van der Waals surface area contributed by atoms with Crippen LogP contribution in [0.2, 0.25) is 5.02 Å². The fourth-order valence-corrected chi connectivity index (χ4v) is 5.32. The van der Waals surface area contributed by atoms with Gasteiger partial charge in [-0.2, -0.15) is 0 Å². The molecular weight excluding hydrogens is 468 g/mol. The van der Waals surface area contributed by atoms with Crippen LogP contribution in [-0.2, 0) is 11.3 Å². The minimum absolute atomic E-state index is 0.0923. The second-order valence-corrected chi connectivity index (χ2v) is 9.74. The Morgan fingerprint density at radius 2 is 1.66 bits per heavy atom. The predicted molar refractivity (Wildman–Crippen MR) is 134 cm³/mol. The Morgan fingerprint density at radius 3 is 2.40 bits per heavy atom. The fourth-order valence-electron chi connectivity index (χ4n) is 5.15. The Morgan fingerprint density at radius 1 is 0.943 bits per heavy atom. The van der Waals surface area contributed by atoms with Crippen molar-refractivity contribution in [2.75, 3.05) is 26.2 Å². The molecule has 0 atom stereocenters. The maximum Gasteiger partial charge on any atom is 0.329 e. The number of hydrogen-bond acceptors (Lipinski definition) is 4. The van der Waals surface area contributed by atoms with Crippen LogP contribution in [0.25, 0.3) is 10.9 Å². The van der Waals surface area contributed by atoms with Crippen molar-refractivity contribution in [3.05, 3.63) is 79.5 Å². The summed E-state index contributed by atoms with van der Waals surface area (Å²) in [6, 6.07) is 12.0. The van der Waals surface area contributed by atoms with Crippen molar-refractivity contribution in [3.8, 4) is 0 Å². The third-order valence-electron chi connectivity index (χ3n) is 7.06. The van der Waals surface area contributed by atoms with Crippen LogP contribution in [0.5, 0.6) is 0 Å². The molecule has 3 aromatic rings. The van der Waals surface area contributed by atoms with Crippen LogP contribution in [0.3, 0.4) is 0 Å². The van der Waals surface area contributed by atoms with Gasteiger partial charge in [-0.15, -0.1) is 0 Å². The van der Waals surface area contributed by atoms with Gasteiger partial charge in [-0.05, 0) is 48.7 Å². The number of amides is 2. The molecule has 0 bridgehead atoms. The molecule has 182 valence electrons. The number of H-pyrrole nitrogens is 1. The molecule has 5 rings (SSSR count). The van der Waals surface area contributed by atoms with E-state index in [2.05, 4.69) is 4.98 Å². The molecule has 2 heterocycles. The molecule has 1 N–H and O–H groups in total. The second kappa shape index (κ2) is 9.70. The molecule has 0 spiro atoms. The molecule has 0 unspecified atom stereocenters. The second-order valence-electron chi connectivity index (χ2n) is 9.31. The summed E-state index contributed by atoms with van der Waals surface area (Å²) in [5.74, 6) is 0.291. The lowest BCUT2D eigenvalue weighted by molar-refractivity contribution is -0.136. The highest BCUT2D eigenvalue weighted by atomic mass is 35.5. The average molecular weight is 495 g/mol. The lowest BCUT2D eigenvalue weighted by Crippen LogP contribution is -2.51. The molecular formula is C26H27ClN4O4. The highest BCUT2D eigenvalue weighted by Crippen LogP contribution is 2.27. The summed E-state index contributed by atoms with van der Waals surface area (Å²) in [5, 5.41) is 0.736. The van der Waals surface area contributed by atoms with E-state index in [0.717, 1.165) is 31.2 Å². The number of rotatable bonds is 4. The van der Waals surface area contributed by atoms with Crippen LogP contribution in [-0.4, -0.2) is 57.3 Å². The number of benzene rings is 2. The minimum atomic E-state index is -0.524. The van der Waals surface area contributed by atoms with Crippen molar-refractivity contribution in [3.63, 3.8) is 0 Å². The van der Waals surface area contributed by atoms with Crippen molar-refractivity contribution >= 4 is 34.3 Å². The van der Waals surface area contributed by atoms with Gasteiger partial charge in [0.15, 0.2) is 0 Å². The van der Waals surface area contributed by atoms with Gasteiger partial charge in [-0.3, -0.25) is 23.9 Å². The standard InChI is InChI=1S/C26H27ClN4O4/c27-20-8-9-22-21(15-20)23(32)28-26(35)31(22)16-17-4-3-7-19(14-17)25(34)30-12-10-29(11-13-30)24(33)18-5-1-2-6-18/h3-4,7-9,14-15,18H,1-2,5-6,10-13,16H2,(H,28,32,35). The molecule has 9 heteroatoms. The van der Waals surface area contributed by atoms with Crippen molar-refractivity contribution in [1.82, 2.24) is 19.4 Å². The van der Waals surface area contributed by atoms with E-state index in [1.165, 1.54) is 10.6 Å². The van der Waals surface area contributed by atoms with Crippen LogP contribution in [0.4, 0.5) is 0 Å². The van der Waals surface area contributed by atoms with Crippen molar-refractivity contribution in [2.24, 2.45) is 5.92 Å². The summed E-state index contributed by atoms with van der Waals surface area (Å²) in [6.07, 6.45) is 4.21. The Balaban J connectivity index is 1.31. The number of carbonyl (C=O) groups is 2. The summed E-state index contributed by atoms with van der Waals surface area (Å²) in [4.78, 5) is 56.7. The zero-order valence-corrected chi connectivity index (χ0v) is 20.1. The lowest BCUT2D eigenvalue weighted by Gasteiger charge is -2.36. The number of hydrogen-bond donors (Lipinski definition) is 1. The highest BCUT2D eigenvalue weighted by molar-refractivity contribution is 6.31. The lowest BCUT2D eigenvalue weighted by atomic mass is 10.1. The molecule has 2 aromatic carbocycles. The molecule has 1 aliphatic carbocycles. The van der Waals surface area contributed by atoms with E-state index in [9.17, 15) is 19.2 Å². The number of aromatic amines is 1. The van der Waals surface area contributed by atoms with E-state index in [-0.39, 0.29) is 24.3 Å². The van der Waals surface area contributed by atoms with E-state index in [1.807, 2.05) is 11.0 Å². The number of aromatic nitrogens is 2. The summed E-state index contributed by atoms with van der Waals surface area (Å²) in [5.41, 5.74) is 0.755. The zero-order chi connectivity index (χ0) is 24.5. The number of fused-ring (bicyclic) bond motifs is 1. The first-order valence-corrected chi connectivity index (χ1v) is 12.4. The Labute approximate surface area is 207 Å². The SMILES string of the molecule is O=C(c1cccc(Cn2c(=O)[nH]c(=O)c3cc(Cl)ccc32)c1)N1CCN(C(=O)C2CCCC2)CC1. The van der Waals surface area contributed by atoms with Crippen LogP contribution in [0.15, 0.2) is 52.1 Å². The highest BCUT2D eigenvalue weighted by Gasteiger charge is 2.30. The number of nitrogens with one attached hydrogen (secondary N) is 1. The molecule has 0 radical (unpaired) electrons. The normalized spacial score (nSPS) is 16.7. The molecule has 1 aliphatic heterocycles. The quantitative estimate of drug-likeness (QED) is 0.603. The van der Waals surface area contributed by atoms with E-state index < -0.39 is 11.2 Å². The smallest absolute Gasteiger partial charge is 0.329 e. The Hall–Kier alpha value is -3.39. The third kappa shape index (κ3) is 4.75. The van der Waals surface area contributed by atoms with Gasteiger partial charge in [0.1, 0.15) is 0 Å². The predicted octanol–water partition coefficient (Wildman–Crippen LogP) is 2.87. The first kappa shape index (κ1) is 23.4. The van der Waals surface area contributed by atoms with Gasteiger partial charge in [0.25, 0.3) is 11.5 Å². The maximum absolute atomic E-state index is 13.2. The van der Waals surface area contributed by atoms with Crippen LogP contribution in [0.1, 0.15) is 41.6 Å². The fraction of sp³-hybridized carbons (Fsp3) is 0.385. The average Bonchev–Trinajstić information content (AvgIpc) is 3.41. The van der Waals surface area contributed by atoms with Gasteiger partial charge in [0.05, 0.1) is 17.4 Å². The number of piperazine rings is 1. The number of halogens is 1. The van der Waals surface area contributed by atoms with Gasteiger partial charge in [0.2, 0.25) is 5.91 Å². The molecule has 2 fully saturated rings. The Kier molecular flexibility index (Phi) is 6.47. The van der Waals surface area contributed by atoms with Gasteiger partial charge in [-0.1, -0.05) is 36.6 Å². The van der Waals surface area contributed by atoms with Gasteiger partial charge in [-0.25, -0.2) is 4.79 Å². The molecule has 1 saturated heterocycles. The first-order valence-electron chi connectivity index (χ1n) is 12.0. The monoisotopic (exact) mass is 494 g/mol. The molecule has 2 aliphatic rings. The largest absolute Gasteiger partial charge is 0.339 e. The van der Waals surface area contributed by atoms with Crippen molar-refractivity contribution in [2.45, 2.75) is 32.2 Å². The van der Waals surface area contributed by atoms with E-state index in [0.29, 0.717) is 47.7 Å². The van der Waals surface area contributed by atoms with Crippen LogP contribution in [0, 0.1) is 5.92 Å². The minimum Gasteiger partial charge on any atom is -0.339 e. The third-order valence-corrected chi connectivity index (χ3v) is 7.29. The van der Waals surface area contributed by atoms with E-state index >= 15 is 0 Å². The maximum atomic E-state index is 13.2. The Bertz CT molecular complexity index is 1400. The molecule has 35 heavy (non-hydrogen) atoms. The van der Waals surface area contributed by atoms with Gasteiger partial charge in [0, 0.05) is 42.7 Å². The first-order chi connectivity index (χ1) is 16.9. The molecule has 1 aromatic heterocycles. The van der Waals surface area contributed by atoms with Gasteiger partial charge >= 0.3 is 5.69 Å². The van der Waals surface area contributed by atoms with Gasteiger partial charge < -0.3 is 9.80 Å². The summed E-state index contributed by atoms with van der Waals surface area (Å²) in [6.45, 7) is 2.32. The number of nitrogens with zero attached hydrogens (tertiary/aromatic N) is 3. The van der Waals surface area contributed by atoms with Crippen LogP contribution < -0.4 is 11.2 Å². The molecule has 2 amide bonds. The van der Waals surface area contributed by atoms with E-state index in [4.69, 9.17) is 11.6 Å². The van der Waals surface area contributed by atoms with Crippen molar-refractivity contribution in [1.29, 1.82) is 0 Å². The summed E-state index contributed by atoms with van der Waals surface area (Å²) in [7, 11) is 0. The van der Waals surface area contributed by atoms with Crippen LogP contribution >= 0.6 is 11.6 Å². The zero-order valence-electron chi connectivity index (χ0n) is 19.3. The topological polar surface area (TPSA) is 95.5 Å². The van der Waals surface area contributed by atoms with E-state index in [1.54, 1.807) is 35.2 Å². The number of carbonyl (C=O) groups excluding carboxylic acids is 2. The molecule has 8 nitrogen and oxygen atoms in total. The summed E-state index contributed by atoms with van der Waals surface area (Å²) >= 11 is 6.03. The van der Waals surface area contributed by atoms with Crippen molar-refractivity contribution < 1.29 is 9.59 Å².